The Bertz CT molecular complexity index is 592. The van der Waals surface area contributed by atoms with Crippen LogP contribution in [-0.2, 0) is 0 Å². The fourth-order valence-corrected chi connectivity index (χ4v) is 2.30. The minimum absolute atomic E-state index is 0.173. The molecule has 0 amide bonds. The molecule has 2 nitrogen and oxygen atoms in total. The van der Waals surface area contributed by atoms with E-state index in [2.05, 4.69) is 63.3 Å². The second-order valence-corrected chi connectivity index (χ2v) is 5.66. The zero-order chi connectivity index (χ0) is 15.2. The molecule has 0 heterocycles. The maximum atomic E-state index is 6.07. The van der Waals surface area contributed by atoms with E-state index in [-0.39, 0.29) is 6.10 Å². The van der Waals surface area contributed by atoms with Gasteiger partial charge in [0, 0.05) is 5.69 Å². The highest BCUT2D eigenvalue weighted by molar-refractivity contribution is 5.52. The van der Waals surface area contributed by atoms with Crippen molar-refractivity contribution in [2.24, 2.45) is 0 Å². The zero-order valence-corrected chi connectivity index (χ0v) is 13.4. The van der Waals surface area contributed by atoms with Crippen LogP contribution in [0.5, 0.6) is 5.75 Å². The van der Waals surface area contributed by atoms with E-state index in [4.69, 9.17) is 4.74 Å². The molecule has 2 rings (SSSR count). The van der Waals surface area contributed by atoms with Gasteiger partial charge in [-0.2, -0.15) is 0 Å². The molecule has 0 spiro atoms. The lowest BCUT2D eigenvalue weighted by molar-refractivity contribution is 0.210. The summed E-state index contributed by atoms with van der Waals surface area (Å²) in [5, 5.41) is 3.51. The highest BCUT2D eigenvalue weighted by Crippen LogP contribution is 2.18. The predicted octanol–water partition coefficient (Wildman–Crippen LogP) is 4.88. The number of anilines is 1. The van der Waals surface area contributed by atoms with Crippen LogP contribution < -0.4 is 10.1 Å². The van der Waals surface area contributed by atoms with Crippen LogP contribution in [0.1, 0.15) is 30.0 Å². The van der Waals surface area contributed by atoms with Crippen molar-refractivity contribution in [3.63, 3.8) is 0 Å². The molecule has 0 aliphatic heterocycles. The van der Waals surface area contributed by atoms with Crippen LogP contribution in [0, 0.1) is 20.8 Å². The van der Waals surface area contributed by atoms with Crippen molar-refractivity contribution < 1.29 is 4.74 Å². The van der Waals surface area contributed by atoms with Crippen molar-refractivity contribution in [3.8, 4) is 5.75 Å². The van der Waals surface area contributed by atoms with Crippen LogP contribution in [0.4, 0.5) is 5.69 Å². The van der Waals surface area contributed by atoms with Gasteiger partial charge in [0.25, 0.3) is 0 Å². The van der Waals surface area contributed by atoms with Crippen LogP contribution in [0.3, 0.4) is 0 Å². The first kappa shape index (κ1) is 15.4. The number of benzene rings is 2. The molecule has 0 saturated carbocycles. The molecular formula is C19H25NO. The second-order valence-electron chi connectivity index (χ2n) is 5.66. The average molecular weight is 283 g/mol. The van der Waals surface area contributed by atoms with E-state index >= 15 is 0 Å². The summed E-state index contributed by atoms with van der Waals surface area (Å²) in [4.78, 5) is 0. The topological polar surface area (TPSA) is 21.3 Å². The summed E-state index contributed by atoms with van der Waals surface area (Å²) >= 11 is 0. The Hall–Kier alpha value is -1.96. The van der Waals surface area contributed by atoms with Gasteiger partial charge >= 0.3 is 0 Å². The van der Waals surface area contributed by atoms with Crippen LogP contribution in [0.2, 0.25) is 0 Å². The van der Waals surface area contributed by atoms with Crippen LogP contribution in [-0.4, -0.2) is 12.6 Å². The quantitative estimate of drug-likeness (QED) is 0.815. The number of ether oxygens (including phenoxy) is 1. The smallest absolute Gasteiger partial charge is 0.120 e. The number of hydrogen-bond donors (Lipinski definition) is 1. The summed E-state index contributed by atoms with van der Waals surface area (Å²) in [5.41, 5.74) is 4.97. The molecule has 0 saturated heterocycles. The van der Waals surface area contributed by atoms with Crippen molar-refractivity contribution in [1.29, 1.82) is 0 Å². The van der Waals surface area contributed by atoms with Crippen molar-refractivity contribution in [2.75, 3.05) is 11.9 Å². The van der Waals surface area contributed by atoms with Gasteiger partial charge in [-0.15, -0.1) is 0 Å². The van der Waals surface area contributed by atoms with Crippen molar-refractivity contribution in [2.45, 2.75) is 40.2 Å². The Morgan fingerprint density at radius 2 is 1.76 bits per heavy atom. The molecule has 0 aliphatic rings. The average Bonchev–Trinajstić information content (AvgIpc) is 2.46. The van der Waals surface area contributed by atoms with Gasteiger partial charge in [-0.25, -0.2) is 0 Å². The number of nitrogens with one attached hydrogen (secondary N) is 1. The van der Waals surface area contributed by atoms with E-state index in [1.54, 1.807) is 0 Å². The van der Waals surface area contributed by atoms with Gasteiger partial charge in [0.05, 0.1) is 6.54 Å². The lowest BCUT2D eigenvalue weighted by atomic mass is 10.1. The highest BCUT2D eigenvalue weighted by atomic mass is 16.5. The van der Waals surface area contributed by atoms with E-state index < -0.39 is 0 Å². The van der Waals surface area contributed by atoms with Crippen molar-refractivity contribution >= 4 is 5.69 Å². The van der Waals surface area contributed by atoms with E-state index in [0.29, 0.717) is 0 Å². The first-order valence-electron chi connectivity index (χ1n) is 7.63. The summed E-state index contributed by atoms with van der Waals surface area (Å²) in [7, 11) is 0. The number of aryl methyl sites for hydroxylation is 3. The minimum atomic E-state index is 0.173. The summed E-state index contributed by atoms with van der Waals surface area (Å²) in [5.74, 6) is 0.949. The third kappa shape index (κ3) is 4.52. The fraction of sp³-hybridized carbons (Fsp3) is 0.368. The van der Waals surface area contributed by atoms with Crippen LogP contribution in [0.25, 0.3) is 0 Å². The molecule has 2 aromatic rings. The van der Waals surface area contributed by atoms with E-state index in [0.717, 1.165) is 18.7 Å². The largest absolute Gasteiger partial charge is 0.489 e. The minimum Gasteiger partial charge on any atom is -0.489 e. The summed E-state index contributed by atoms with van der Waals surface area (Å²) < 4.78 is 6.07. The molecule has 1 N–H and O–H groups in total. The lowest BCUT2D eigenvalue weighted by Gasteiger charge is -2.20. The molecule has 0 fully saturated rings. The molecule has 112 valence electrons. The maximum Gasteiger partial charge on any atom is 0.120 e. The highest BCUT2D eigenvalue weighted by Gasteiger charge is 2.09. The summed E-state index contributed by atoms with van der Waals surface area (Å²) in [6, 6.07) is 14.7. The van der Waals surface area contributed by atoms with Gasteiger partial charge in [0.1, 0.15) is 11.9 Å². The van der Waals surface area contributed by atoms with E-state index in [1.807, 2.05) is 12.1 Å². The molecule has 0 aliphatic carbocycles. The number of hydrogen-bond acceptors (Lipinski definition) is 2. The first-order valence-corrected chi connectivity index (χ1v) is 7.63. The lowest BCUT2D eigenvalue weighted by Crippen LogP contribution is -2.25. The third-order valence-electron chi connectivity index (χ3n) is 3.66. The van der Waals surface area contributed by atoms with Gasteiger partial charge < -0.3 is 10.1 Å². The van der Waals surface area contributed by atoms with Gasteiger partial charge in [-0.05, 0) is 62.1 Å². The SMILES string of the molecule is CC[C@H](CNc1cc(C)ccc1C)Oc1cccc(C)c1. The monoisotopic (exact) mass is 283 g/mol. The van der Waals surface area contributed by atoms with Crippen molar-refractivity contribution in [3.05, 3.63) is 59.2 Å². The standard InChI is InChI=1S/C19H25NO/c1-5-17(21-18-8-6-7-14(2)11-18)13-20-19-12-15(3)9-10-16(19)4/h6-12,17,20H,5,13H2,1-4H3/t17-/m1/s1. The van der Waals surface area contributed by atoms with E-state index in [1.165, 1.54) is 22.4 Å². The molecule has 1 atom stereocenters. The molecule has 0 unspecified atom stereocenters. The number of rotatable bonds is 6. The summed E-state index contributed by atoms with van der Waals surface area (Å²) in [6.07, 6.45) is 1.15. The molecule has 2 heteroatoms. The van der Waals surface area contributed by atoms with Crippen molar-refractivity contribution in [1.82, 2.24) is 0 Å². The zero-order valence-electron chi connectivity index (χ0n) is 13.4. The normalized spacial score (nSPS) is 12.0. The Labute approximate surface area is 128 Å². The Balaban J connectivity index is 1.98. The Morgan fingerprint density at radius 1 is 1.00 bits per heavy atom. The van der Waals surface area contributed by atoms with Gasteiger partial charge in [0.2, 0.25) is 0 Å². The second kappa shape index (κ2) is 7.16. The van der Waals surface area contributed by atoms with Gasteiger partial charge in [0.15, 0.2) is 0 Å². The molecule has 0 bridgehead atoms. The van der Waals surface area contributed by atoms with Gasteiger partial charge in [-0.3, -0.25) is 0 Å². The molecule has 0 radical (unpaired) electrons. The fourth-order valence-electron chi connectivity index (χ4n) is 2.30. The molecule has 21 heavy (non-hydrogen) atoms. The molecular weight excluding hydrogens is 258 g/mol. The molecule has 0 aromatic heterocycles. The third-order valence-corrected chi connectivity index (χ3v) is 3.66. The molecule has 2 aromatic carbocycles. The Kier molecular flexibility index (Phi) is 5.26. The first-order chi connectivity index (χ1) is 10.1. The van der Waals surface area contributed by atoms with Crippen LogP contribution in [0.15, 0.2) is 42.5 Å². The Morgan fingerprint density at radius 3 is 2.48 bits per heavy atom. The van der Waals surface area contributed by atoms with E-state index in [9.17, 15) is 0 Å². The maximum absolute atomic E-state index is 6.07. The predicted molar refractivity (Wildman–Crippen MR) is 90.3 cm³/mol. The van der Waals surface area contributed by atoms with Crippen LogP contribution >= 0.6 is 0 Å². The van der Waals surface area contributed by atoms with Gasteiger partial charge in [-0.1, -0.05) is 31.2 Å². The summed E-state index contributed by atoms with van der Waals surface area (Å²) in [6.45, 7) is 9.30.